The Labute approximate surface area is 149 Å². The first-order chi connectivity index (χ1) is 12.7. The quantitative estimate of drug-likeness (QED) is 0.493. The molecule has 126 valence electrons. The van der Waals surface area contributed by atoms with Gasteiger partial charge in [0.05, 0.1) is 17.3 Å². The average Bonchev–Trinajstić information content (AvgIpc) is 3.28. The summed E-state index contributed by atoms with van der Waals surface area (Å²) >= 11 is 0. The number of benzene rings is 1. The van der Waals surface area contributed by atoms with E-state index in [9.17, 15) is 0 Å². The molecule has 0 saturated carbocycles. The van der Waals surface area contributed by atoms with Crippen LogP contribution in [-0.4, -0.2) is 34.3 Å². The number of aryl methyl sites for hydroxylation is 2. The first kappa shape index (κ1) is 14.7. The van der Waals surface area contributed by atoms with Crippen LogP contribution >= 0.6 is 0 Å². The number of fused-ring (bicyclic) bond motifs is 3. The van der Waals surface area contributed by atoms with Crippen LogP contribution in [0.1, 0.15) is 11.1 Å². The van der Waals surface area contributed by atoms with Crippen LogP contribution in [0.15, 0.2) is 55.2 Å². The fraction of sp³-hybridized carbons (Fsp3) is 0.105. The van der Waals surface area contributed by atoms with Crippen LogP contribution in [0.2, 0.25) is 0 Å². The zero-order valence-corrected chi connectivity index (χ0v) is 14.3. The maximum absolute atomic E-state index is 4.62. The lowest BCUT2D eigenvalue weighted by Crippen LogP contribution is -2.00. The number of hydrogen-bond acceptors (Lipinski definition) is 5. The highest BCUT2D eigenvalue weighted by atomic mass is 15.3. The van der Waals surface area contributed by atoms with E-state index in [4.69, 9.17) is 0 Å². The molecular weight excluding hydrogens is 326 g/mol. The molecule has 0 aliphatic carbocycles. The molecule has 0 radical (unpaired) electrons. The monoisotopic (exact) mass is 341 g/mol. The molecule has 7 heteroatoms. The number of nitrogens with zero attached hydrogens (tertiary/aromatic N) is 7. The number of hydrogen-bond donors (Lipinski definition) is 0. The number of rotatable bonds is 2. The molecule has 0 amide bonds. The standard InChI is InChI=1S/C19H15N7/c1-12-5-6-15(8-13(12)2)26-18-16(10-22-26)19-24-23-17(25(19)11-21-18)14-4-3-7-20-9-14/h3-11H,1-2H3. The Morgan fingerprint density at radius 2 is 1.85 bits per heavy atom. The Morgan fingerprint density at radius 1 is 0.923 bits per heavy atom. The summed E-state index contributed by atoms with van der Waals surface area (Å²) in [5, 5.41) is 14.1. The molecule has 0 aliphatic rings. The third-order valence-electron chi connectivity index (χ3n) is 4.63. The van der Waals surface area contributed by atoms with Crippen molar-refractivity contribution >= 4 is 16.7 Å². The molecule has 0 unspecified atom stereocenters. The second-order valence-electron chi connectivity index (χ2n) is 6.27. The van der Waals surface area contributed by atoms with Gasteiger partial charge in [-0.2, -0.15) is 5.10 Å². The Hall–Kier alpha value is -3.61. The van der Waals surface area contributed by atoms with E-state index in [1.807, 2.05) is 27.3 Å². The predicted molar refractivity (Wildman–Crippen MR) is 98.1 cm³/mol. The molecule has 0 aliphatic heterocycles. The van der Waals surface area contributed by atoms with Crippen molar-refractivity contribution in [2.24, 2.45) is 0 Å². The van der Waals surface area contributed by atoms with Crippen LogP contribution in [0, 0.1) is 13.8 Å². The van der Waals surface area contributed by atoms with Crippen LogP contribution in [0.3, 0.4) is 0 Å². The predicted octanol–water partition coefficient (Wildman–Crippen LogP) is 3.14. The summed E-state index contributed by atoms with van der Waals surface area (Å²) in [5.41, 5.74) is 5.82. The average molecular weight is 341 g/mol. The summed E-state index contributed by atoms with van der Waals surface area (Å²) in [5.74, 6) is 0.710. The third kappa shape index (κ3) is 2.10. The SMILES string of the molecule is Cc1ccc(-n2ncc3c2ncn2c(-c4cccnc4)nnc32)cc1C. The summed E-state index contributed by atoms with van der Waals surface area (Å²) in [4.78, 5) is 8.77. The third-order valence-corrected chi connectivity index (χ3v) is 4.63. The zero-order chi connectivity index (χ0) is 17.7. The van der Waals surface area contributed by atoms with Crippen LogP contribution < -0.4 is 0 Å². The van der Waals surface area contributed by atoms with Crippen molar-refractivity contribution in [2.45, 2.75) is 13.8 Å². The molecule has 1 aromatic carbocycles. The summed E-state index contributed by atoms with van der Waals surface area (Å²) in [7, 11) is 0. The van der Waals surface area contributed by atoms with Gasteiger partial charge in [0.1, 0.15) is 6.33 Å². The molecule has 0 saturated heterocycles. The van der Waals surface area contributed by atoms with Gasteiger partial charge in [0.2, 0.25) is 0 Å². The largest absolute Gasteiger partial charge is 0.264 e. The van der Waals surface area contributed by atoms with Crippen molar-refractivity contribution in [3.8, 4) is 17.1 Å². The van der Waals surface area contributed by atoms with Crippen LogP contribution in [0.5, 0.6) is 0 Å². The summed E-state index contributed by atoms with van der Waals surface area (Å²) < 4.78 is 3.70. The van der Waals surface area contributed by atoms with Gasteiger partial charge in [0.25, 0.3) is 0 Å². The van der Waals surface area contributed by atoms with Crippen LogP contribution in [0.4, 0.5) is 0 Å². The molecule has 4 aromatic heterocycles. The van der Waals surface area contributed by atoms with Gasteiger partial charge in [-0.15, -0.1) is 10.2 Å². The second-order valence-corrected chi connectivity index (χ2v) is 6.27. The van der Waals surface area contributed by atoms with Crippen LogP contribution in [0.25, 0.3) is 33.8 Å². The number of aromatic nitrogens is 7. The smallest absolute Gasteiger partial charge is 0.175 e. The molecular formula is C19H15N7. The van der Waals surface area contributed by atoms with E-state index in [-0.39, 0.29) is 0 Å². The Bertz CT molecular complexity index is 1250. The molecule has 0 fully saturated rings. The van der Waals surface area contributed by atoms with Gasteiger partial charge in [-0.1, -0.05) is 6.07 Å². The van der Waals surface area contributed by atoms with Gasteiger partial charge >= 0.3 is 0 Å². The van der Waals surface area contributed by atoms with E-state index in [2.05, 4.69) is 51.2 Å². The Balaban J connectivity index is 1.72. The van der Waals surface area contributed by atoms with Gasteiger partial charge < -0.3 is 0 Å². The van der Waals surface area contributed by atoms with E-state index in [1.165, 1.54) is 11.1 Å². The fourth-order valence-corrected chi connectivity index (χ4v) is 3.06. The molecule has 0 bridgehead atoms. The van der Waals surface area contributed by atoms with Crippen molar-refractivity contribution in [1.82, 2.24) is 34.3 Å². The molecule has 7 nitrogen and oxygen atoms in total. The van der Waals surface area contributed by atoms with Gasteiger partial charge in [-0.3, -0.25) is 9.38 Å². The maximum atomic E-state index is 4.62. The Kier molecular flexibility index (Phi) is 3.08. The molecule has 5 aromatic rings. The van der Waals surface area contributed by atoms with E-state index in [0.29, 0.717) is 5.82 Å². The molecule has 0 spiro atoms. The van der Waals surface area contributed by atoms with Crippen molar-refractivity contribution in [3.63, 3.8) is 0 Å². The zero-order valence-electron chi connectivity index (χ0n) is 14.3. The second kappa shape index (κ2) is 5.45. The topological polar surface area (TPSA) is 73.8 Å². The molecule has 0 N–H and O–H groups in total. The van der Waals surface area contributed by atoms with Gasteiger partial charge in [0, 0.05) is 18.0 Å². The van der Waals surface area contributed by atoms with Gasteiger partial charge in [0.15, 0.2) is 17.1 Å². The summed E-state index contributed by atoms with van der Waals surface area (Å²) in [6.07, 6.45) is 7.02. The summed E-state index contributed by atoms with van der Waals surface area (Å²) in [6.45, 7) is 4.19. The first-order valence-corrected chi connectivity index (χ1v) is 8.28. The van der Waals surface area contributed by atoms with Crippen molar-refractivity contribution in [3.05, 3.63) is 66.4 Å². The summed E-state index contributed by atoms with van der Waals surface area (Å²) in [6, 6.07) is 10.1. The normalized spacial score (nSPS) is 11.5. The minimum Gasteiger partial charge on any atom is -0.264 e. The molecule has 26 heavy (non-hydrogen) atoms. The molecule has 5 rings (SSSR count). The highest BCUT2D eigenvalue weighted by molar-refractivity contribution is 5.90. The van der Waals surface area contributed by atoms with Crippen molar-refractivity contribution < 1.29 is 0 Å². The minimum atomic E-state index is 0.710. The van der Waals surface area contributed by atoms with E-state index < -0.39 is 0 Å². The van der Waals surface area contributed by atoms with Gasteiger partial charge in [-0.25, -0.2) is 9.67 Å². The minimum absolute atomic E-state index is 0.710. The van der Waals surface area contributed by atoms with E-state index >= 15 is 0 Å². The highest BCUT2D eigenvalue weighted by Crippen LogP contribution is 2.24. The highest BCUT2D eigenvalue weighted by Gasteiger charge is 2.15. The van der Waals surface area contributed by atoms with E-state index in [0.717, 1.165) is 27.9 Å². The Morgan fingerprint density at radius 3 is 2.65 bits per heavy atom. The van der Waals surface area contributed by atoms with Crippen molar-refractivity contribution in [2.75, 3.05) is 0 Å². The lowest BCUT2D eigenvalue weighted by Gasteiger charge is -2.06. The lowest BCUT2D eigenvalue weighted by molar-refractivity contribution is 0.891. The van der Waals surface area contributed by atoms with Gasteiger partial charge in [-0.05, 0) is 49.2 Å². The molecule has 0 atom stereocenters. The lowest BCUT2D eigenvalue weighted by atomic mass is 10.1. The first-order valence-electron chi connectivity index (χ1n) is 8.28. The van der Waals surface area contributed by atoms with Crippen LogP contribution in [-0.2, 0) is 0 Å². The fourth-order valence-electron chi connectivity index (χ4n) is 3.06. The molecule has 4 heterocycles. The number of pyridine rings is 1. The van der Waals surface area contributed by atoms with E-state index in [1.54, 1.807) is 24.9 Å². The maximum Gasteiger partial charge on any atom is 0.175 e. The van der Waals surface area contributed by atoms with Crippen molar-refractivity contribution in [1.29, 1.82) is 0 Å².